The SMILES string of the molecule is CC(NC(=O)c1cc2ccccc2c(=O)[nH]1)C(=O)Nc1ccccc1. The Bertz CT molecular complexity index is 980. The average Bonchev–Trinajstić information content (AvgIpc) is 2.62. The molecule has 2 aromatic carbocycles. The lowest BCUT2D eigenvalue weighted by atomic mass is 10.1. The van der Waals surface area contributed by atoms with E-state index < -0.39 is 11.9 Å². The molecule has 0 aliphatic heterocycles. The summed E-state index contributed by atoms with van der Waals surface area (Å²) in [5.41, 5.74) is 0.417. The fourth-order valence-corrected chi connectivity index (χ4v) is 2.45. The molecule has 1 aromatic heterocycles. The summed E-state index contributed by atoms with van der Waals surface area (Å²) in [6.07, 6.45) is 0. The number of para-hydroxylation sites is 1. The maximum absolute atomic E-state index is 12.3. The van der Waals surface area contributed by atoms with Crippen molar-refractivity contribution in [3.05, 3.63) is 76.7 Å². The second kappa shape index (κ2) is 7.00. The number of anilines is 1. The maximum Gasteiger partial charge on any atom is 0.268 e. The van der Waals surface area contributed by atoms with Gasteiger partial charge in [0.2, 0.25) is 5.91 Å². The lowest BCUT2D eigenvalue weighted by molar-refractivity contribution is -0.117. The number of rotatable bonds is 4. The third kappa shape index (κ3) is 3.74. The monoisotopic (exact) mass is 335 g/mol. The van der Waals surface area contributed by atoms with Gasteiger partial charge in [-0.15, -0.1) is 0 Å². The van der Waals surface area contributed by atoms with Gasteiger partial charge in [-0.05, 0) is 36.6 Å². The number of amides is 2. The van der Waals surface area contributed by atoms with Crippen LogP contribution in [0, 0.1) is 0 Å². The number of benzene rings is 2. The second-order valence-corrected chi connectivity index (χ2v) is 5.65. The smallest absolute Gasteiger partial charge is 0.268 e. The second-order valence-electron chi connectivity index (χ2n) is 5.65. The fourth-order valence-electron chi connectivity index (χ4n) is 2.45. The minimum absolute atomic E-state index is 0.114. The third-order valence-electron chi connectivity index (χ3n) is 3.78. The molecular formula is C19H17N3O3. The van der Waals surface area contributed by atoms with Gasteiger partial charge in [-0.2, -0.15) is 0 Å². The molecule has 0 radical (unpaired) electrons. The van der Waals surface area contributed by atoms with E-state index in [4.69, 9.17) is 0 Å². The number of hydrogen-bond acceptors (Lipinski definition) is 3. The summed E-state index contributed by atoms with van der Waals surface area (Å²) < 4.78 is 0. The van der Waals surface area contributed by atoms with E-state index in [1.165, 1.54) is 0 Å². The minimum Gasteiger partial charge on any atom is -0.339 e. The summed E-state index contributed by atoms with van der Waals surface area (Å²) in [6, 6.07) is 16.8. The van der Waals surface area contributed by atoms with Crippen molar-refractivity contribution in [3.8, 4) is 0 Å². The first-order chi connectivity index (χ1) is 12.0. The number of pyridine rings is 1. The van der Waals surface area contributed by atoms with Gasteiger partial charge in [-0.25, -0.2) is 0 Å². The predicted octanol–water partition coefficient (Wildman–Crippen LogP) is 2.29. The van der Waals surface area contributed by atoms with Gasteiger partial charge < -0.3 is 15.6 Å². The van der Waals surface area contributed by atoms with Crippen LogP contribution in [0.4, 0.5) is 5.69 Å². The molecular weight excluding hydrogens is 318 g/mol. The van der Waals surface area contributed by atoms with Crippen molar-refractivity contribution in [2.45, 2.75) is 13.0 Å². The van der Waals surface area contributed by atoms with Gasteiger partial charge in [0.15, 0.2) is 0 Å². The minimum atomic E-state index is -0.761. The van der Waals surface area contributed by atoms with Crippen molar-refractivity contribution >= 4 is 28.3 Å². The lowest BCUT2D eigenvalue weighted by Crippen LogP contribution is -2.42. The number of H-pyrrole nitrogens is 1. The molecule has 6 heteroatoms. The largest absolute Gasteiger partial charge is 0.339 e. The van der Waals surface area contributed by atoms with Gasteiger partial charge in [0.25, 0.3) is 11.5 Å². The average molecular weight is 335 g/mol. The number of carbonyl (C=O) groups excluding carboxylic acids is 2. The number of fused-ring (bicyclic) bond motifs is 1. The van der Waals surface area contributed by atoms with Crippen LogP contribution >= 0.6 is 0 Å². The fraction of sp³-hybridized carbons (Fsp3) is 0.105. The first-order valence-electron chi connectivity index (χ1n) is 7.83. The number of nitrogens with one attached hydrogen (secondary N) is 3. The first kappa shape index (κ1) is 16.4. The molecule has 0 aliphatic rings. The van der Waals surface area contributed by atoms with E-state index in [0.717, 1.165) is 0 Å². The van der Waals surface area contributed by atoms with E-state index in [9.17, 15) is 14.4 Å². The van der Waals surface area contributed by atoms with Crippen molar-refractivity contribution in [1.29, 1.82) is 0 Å². The van der Waals surface area contributed by atoms with Crippen LogP contribution in [0.15, 0.2) is 65.5 Å². The quantitative estimate of drug-likeness (QED) is 0.683. The Morgan fingerprint density at radius 2 is 1.68 bits per heavy atom. The number of carbonyl (C=O) groups is 2. The Morgan fingerprint density at radius 1 is 1.00 bits per heavy atom. The molecule has 3 aromatic rings. The molecule has 0 fully saturated rings. The Morgan fingerprint density at radius 3 is 2.44 bits per heavy atom. The van der Waals surface area contributed by atoms with Crippen LogP contribution in [0.2, 0.25) is 0 Å². The van der Waals surface area contributed by atoms with Gasteiger partial charge in [0.1, 0.15) is 11.7 Å². The maximum atomic E-state index is 12.3. The molecule has 25 heavy (non-hydrogen) atoms. The van der Waals surface area contributed by atoms with E-state index in [2.05, 4.69) is 15.6 Å². The molecule has 1 unspecified atom stereocenters. The van der Waals surface area contributed by atoms with Gasteiger partial charge in [0, 0.05) is 11.1 Å². The highest BCUT2D eigenvalue weighted by Crippen LogP contribution is 2.10. The van der Waals surface area contributed by atoms with Gasteiger partial charge in [-0.3, -0.25) is 14.4 Å². The molecule has 1 atom stereocenters. The summed E-state index contributed by atoms with van der Waals surface area (Å²) >= 11 is 0. The molecule has 2 amide bonds. The van der Waals surface area contributed by atoms with E-state index in [-0.39, 0.29) is 17.2 Å². The molecule has 6 nitrogen and oxygen atoms in total. The Labute approximate surface area is 143 Å². The van der Waals surface area contributed by atoms with Crippen LogP contribution in [-0.4, -0.2) is 22.8 Å². The molecule has 0 aliphatic carbocycles. The topological polar surface area (TPSA) is 91.1 Å². The highest BCUT2D eigenvalue weighted by atomic mass is 16.2. The summed E-state index contributed by atoms with van der Waals surface area (Å²) in [5, 5.41) is 6.47. The molecule has 0 saturated heterocycles. The Kier molecular flexibility index (Phi) is 4.61. The highest BCUT2D eigenvalue weighted by Gasteiger charge is 2.18. The lowest BCUT2D eigenvalue weighted by Gasteiger charge is -2.14. The number of hydrogen-bond donors (Lipinski definition) is 3. The van der Waals surface area contributed by atoms with E-state index in [1.807, 2.05) is 6.07 Å². The Hall–Kier alpha value is -3.41. The zero-order chi connectivity index (χ0) is 17.8. The zero-order valence-corrected chi connectivity index (χ0v) is 13.6. The van der Waals surface area contributed by atoms with E-state index in [1.54, 1.807) is 61.5 Å². The third-order valence-corrected chi connectivity index (χ3v) is 3.78. The Balaban J connectivity index is 1.73. The normalized spacial score (nSPS) is 11.7. The molecule has 3 N–H and O–H groups in total. The van der Waals surface area contributed by atoms with Crippen molar-refractivity contribution < 1.29 is 9.59 Å². The first-order valence-corrected chi connectivity index (χ1v) is 7.83. The molecule has 126 valence electrons. The van der Waals surface area contributed by atoms with E-state index in [0.29, 0.717) is 16.5 Å². The van der Waals surface area contributed by atoms with Crippen LogP contribution in [0.1, 0.15) is 17.4 Å². The predicted molar refractivity (Wildman–Crippen MR) is 96.6 cm³/mol. The molecule has 0 spiro atoms. The molecule has 0 bridgehead atoms. The van der Waals surface area contributed by atoms with Gasteiger partial charge in [-0.1, -0.05) is 36.4 Å². The zero-order valence-electron chi connectivity index (χ0n) is 13.6. The van der Waals surface area contributed by atoms with Crippen molar-refractivity contribution in [1.82, 2.24) is 10.3 Å². The number of aromatic amines is 1. The number of aromatic nitrogens is 1. The van der Waals surface area contributed by atoms with Crippen molar-refractivity contribution in [2.24, 2.45) is 0 Å². The van der Waals surface area contributed by atoms with Crippen LogP contribution in [0.5, 0.6) is 0 Å². The van der Waals surface area contributed by atoms with Gasteiger partial charge >= 0.3 is 0 Å². The van der Waals surface area contributed by atoms with Crippen molar-refractivity contribution in [2.75, 3.05) is 5.32 Å². The molecule has 0 saturated carbocycles. The highest BCUT2D eigenvalue weighted by molar-refractivity contribution is 6.01. The van der Waals surface area contributed by atoms with Crippen LogP contribution in [-0.2, 0) is 4.79 Å². The van der Waals surface area contributed by atoms with E-state index >= 15 is 0 Å². The molecule has 1 heterocycles. The summed E-state index contributed by atoms with van der Waals surface area (Å²) in [6.45, 7) is 1.58. The van der Waals surface area contributed by atoms with Crippen LogP contribution in [0.25, 0.3) is 10.8 Å². The van der Waals surface area contributed by atoms with Crippen LogP contribution < -0.4 is 16.2 Å². The standard InChI is InChI=1S/C19H17N3O3/c1-12(17(23)21-14-8-3-2-4-9-14)20-19(25)16-11-13-7-5-6-10-15(13)18(24)22-16/h2-12H,1H3,(H,20,25)(H,21,23)(H,22,24). The van der Waals surface area contributed by atoms with Crippen molar-refractivity contribution in [3.63, 3.8) is 0 Å². The summed E-state index contributed by atoms with van der Waals surface area (Å²) in [5.74, 6) is -0.860. The van der Waals surface area contributed by atoms with Crippen LogP contribution in [0.3, 0.4) is 0 Å². The summed E-state index contributed by atoms with van der Waals surface area (Å²) in [7, 11) is 0. The molecule has 3 rings (SSSR count). The van der Waals surface area contributed by atoms with Gasteiger partial charge in [0.05, 0.1) is 0 Å². The summed E-state index contributed by atoms with van der Waals surface area (Å²) in [4.78, 5) is 39.1.